The molecule has 1 N–H and O–H groups in total. The standard InChI is InChI=1S/C19H26N2O4S/c1-2-15-18(16-10-12-25-19(15)16)20-26(23,24)14-8-6-13(7-9-14)21-11-4-3-5-17(21)22/h6-9,15-16,18-20H,2-5,10-12H2,1H3/t15-,16+,18-,19-/m1/s1. The van der Waals surface area contributed by atoms with Crippen LogP contribution in [0.1, 0.15) is 39.0 Å². The van der Waals surface area contributed by atoms with Gasteiger partial charge in [-0.3, -0.25) is 4.79 Å². The predicted octanol–water partition coefficient (Wildman–Crippen LogP) is 2.30. The molecule has 142 valence electrons. The molecule has 3 aliphatic rings. The van der Waals surface area contributed by atoms with Gasteiger partial charge in [0.1, 0.15) is 0 Å². The molecular weight excluding hydrogens is 352 g/mol. The van der Waals surface area contributed by atoms with Gasteiger partial charge >= 0.3 is 0 Å². The Balaban J connectivity index is 1.48. The molecule has 26 heavy (non-hydrogen) atoms. The van der Waals surface area contributed by atoms with Gasteiger partial charge in [0.2, 0.25) is 15.9 Å². The van der Waals surface area contributed by atoms with Gasteiger partial charge in [-0.15, -0.1) is 0 Å². The molecule has 0 radical (unpaired) electrons. The molecule has 2 aliphatic heterocycles. The molecule has 1 aromatic rings. The van der Waals surface area contributed by atoms with Crippen molar-refractivity contribution in [1.29, 1.82) is 0 Å². The molecule has 1 aromatic carbocycles. The first-order chi connectivity index (χ1) is 12.5. The van der Waals surface area contributed by atoms with E-state index in [1.54, 1.807) is 29.2 Å². The molecule has 0 unspecified atom stereocenters. The van der Waals surface area contributed by atoms with Crippen LogP contribution in [-0.4, -0.2) is 39.6 Å². The maximum atomic E-state index is 12.8. The lowest BCUT2D eigenvalue weighted by Crippen LogP contribution is -2.61. The summed E-state index contributed by atoms with van der Waals surface area (Å²) in [6, 6.07) is 6.62. The minimum atomic E-state index is -3.57. The van der Waals surface area contributed by atoms with Gasteiger partial charge in [-0.2, -0.15) is 0 Å². The fourth-order valence-corrected chi connectivity index (χ4v) is 5.96. The molecule has 0 spiro atoms. The van der Waals surface area contributed by atoms with Crippen LogP contribution >= 0.6 is 0 Å². The predicted molar refractivity (Wildman–Crippen MR) is 98.4 cm³/mol. The second-order valence-electron chi connectivity index (χ2n) is 7.50. The third-order valence-corrected chi connectivity index (χ3v) is 7.55. The molecule has 0 aromatic heterocycles. The highest BCUT2D eigenvalue weighted by atomic mass is 32.2. The Morgan fingerprint density at radius 1 is 1.23 bits per heavy atom. The number of piperidine rings is 1. The highest BCUT2D eigenvalue weighted by molar-refractivity contribution is 7.89. The van der Waals surface area contributed by atoms with E-state index in [1.165, 1.54) is 0 Å². The Labute approximate surface area is 155 Å². The number of nitrogens with zero attached hydrogens (tertiary/aromatic N) is 1. The average Bonchev–Trinajstić information content (AvgIpc) is 3.05. The highest BCUT2D eigenvalue weighted by Crippen LogP contribution is 2.45. The molecule has 4 rings (SSSR count). The summed E-state index contributed by atoms with van der Waals surface area (Å²) in [5, 5.41) is 0. The van der Waals surface area contributed by atoms with E-state index in [0.29, 0.717) is 18.9 Å². The van der Waals surface area contributed by atoms with Crippen LogP contribution in [0, 0.1) is 11.8 Å². The van der Waals surface area contributed by atoms with E-state index in [2.05, 4.69) is 11.6 Å². The van der Waals surface area contributed by atoms with Crippen LogP contribution in [0.5, 0.6) is 0 Å². The molecule has 6 nitrogen and oxygen atoms in total. The molecule has 2 saturated heterocycles. The molecule has 1 amide bonds. The zero-order chi connectivity index (χ0) is 18.3. The van der Waals surface area contributed by atoms with E-state index in [1.807, 2.05) is 0 Å². The van der Waals surface area contributed by atoms with Gasteiger partial charge in [-0.1, -0.05) is 6.92 Å². The van der Waals surface area contributed by atoms with E-state index in [4.69, 9.17) is 4.74 Å². The fraction of sp³-hybridized carbons (Fsp3) is 0.632. The number of hydrogen-bond acceptors (Lipinski definition) is 4. The SMILES string of the molecule is CC[C@@H]1[C@@H](NS(=O)(=O)c2ccc(N3CCCCC3=O)cc2)[C@@H]2CCO[C@H]12. The number of ether oxygens (including phenoxy) is 1. The Morgan fingerprint density at radius 2 is 2.00 bits per heavy atom. The molecular formula is C19H26N2O4S. The van der Waals surface area contributed by atoms with E-state index >= 15 is 0 Å². The third kappa shape index (κ3) is 3.06. The van der Waals surface area contributed by atoms with Crippen molar-refractivity contribution in [3.05, 3.63) is 24.3 Å². The monoisotopic (exact) mass is 378 g/mol. The third-order valence-electron chi connectivity index (χ3n) is 6.07. The van der Waals surface area contributed by atoms with E-state index in [0.717, 1.165) is 38.0 Å². The summed E-state index contributed by atoms with van der Waals surface area (Å²) in [7, 11) is -3.57. The second-order valence-corrected chi connectivity index (χ2v) is 9.22. The lowest BCUT2D eigenvalue weighted by atomic mass is 9.66. The van der Waals surface area contributed by atoms with Gasteiger partial charge in [-0.25, -0.2) is 13.1 Å². The van der Waals surface area contributed by atoms with Gasteiger partial charge in [0.05, 0.1) is 11.0 Å². The van der Waals surface area contributed by atoms with Gasteiger partial charge < -0.3 is 9.64 Å². The lowest BCUT2D eigenvalue weighted by molar-refractivity contribution is -0.119. The molecule has 1 aliphatic carbocycles. The average molecular weight is 378 g/mol. The summed E-state index contributed by atoms with van der Waals surface area (Å²) in [4.78, 5) is 14.0. The number of sulfonamides is 1. The number of carbonyl (C=O) groups excluding carboxylic acids is 1. The molecule has 2 heterocycles. The van der Waals surface area contributed by atoms with Gasteiger partial charge in [0.15, 0.2) is 0 Å². The van der Waals surface area contributed by atoms with Crippen molar-refractivity contribution in [3.8, 4) is 0 Å². The van der Waals surface area contributed by atoms with Crippen LogP contribution in [0.4, 0.5) is 5.69 Å². The van der Waals surface area contributed by atoms with Crippen molar-refractivity contribution in [2.45, 2.75) is 56.1 Å². The Morgan fingerprint density at radius 3 is 2.69 bits per heavy atom. The number of hydrogen-bond donors (Lipinski definition) is 1. The van der Waals surface area contributed by atoms with E-state index < -0.39 is 10.0 Å². The Bertz CT molecular complexity index is 777. The van der Waals surface area contributed by atoms with Crippen molar-refractivity contribution < 1.29 is 17.9 Å². The first-order valence-corrected chi connectivity index (χ1v) is 11.0. The summed E-state index contributed by atoms with van der Waals surface area (Å²) in [6.45, 7) is 3.50. The summed E-state index contributed by atoms with van der Waals surface area (Å²) < 4.78 is 34.2. The Kier molecular flexibility index (Phi) is 4.79. The minimum Gasteiger partial charge on any atom is -0.378 e. The van der Waals surface area contributed by atoms with Crippen molar-refractivity contribution in [1.82, 2.24) is 4.72 Å². The molecule has 0 bridgehead atoms. The van der Waals surface area contributed by atoms with Crippen LogP contribution < -0.4 is 9.62 Å². The maximum Gasteiger partial charge on any atom is 0.240 e. The van der Waals surface area contributed by atoms with Crippen molar-refractivity contribution in [2.75, 3.05) is 18.1 Å². The van der Waals surface area contributed by atoms with Crippen molar-refractivity contribution in [3.63, 3.8) is 0 Å². The van der Waals surface area contributed by atoms with Crippen LogP contribution in [-0.2, 0) is 19.6 Å². The number of carbonyl (C=O) groups is 1. The largest absolute Gasteiger partial charge is 0.378 e. The topological polar surface area (TPSA) is 75.7 Å². The number of nitrogens with one attached hydrogen (secondary N) is 1. The number of benzene rings is 1. The normalized spacial score (nSPS) is 31.6. The zero-order valence-electron chi connectivity index (χ0n) is 15.1. The number of amides is 1. The maximum absolute atomic E-state index is 12.8. The van der Waals surface area contributed by atoms with E-state index in [-0.39, 0.29) is 28.9 Å². The zero-order valence-corrected chi connectivity index (χ0v) is 15.9. The molecule has 4 atom stereocenters. The van der Waals surface area contributed by atoms with Crippen LogP contribution in [0.25, 0.3) is 0 Å². The molecule has 7 heteroatoms. The summed E-state index contributed by atoms with van der Waals surface area (Å²) in [5.41, 5.74) is 0.771. The number of rotatable bonds is 5. The van der Waals surface area contributed by atoms with Crippen molar-refractivity contribution in [2.24, 2.45) is 11.8 Å². The van der Waals surface area contributed by atoms with E-state index in [9.17, 15) is 13.2 Å². The smallest absolute Gasteiger partial charge is 0.240 e. The van der Waals surface area contributed by atoms with Gasteiger partial charge in [0, 0.05) is 43.1 Å². The second kappa shape index (κ2) is 6.94. The summed E-state index contributed by atoms with van der Waals surface area (Å²) >= 11 is 0. The summed E-state index contributed by atoms with van der Waals surface area (Å²) in [6.07, 6.45) is 4.51. The quantitative estimate of drug-likeness (QED) is 0.853. The van der Waals surface area contributed by atoms with Gasteiger partial charge in [0.25, 0.3) is 0 Å². The first-order valence-electron chi connectivity index (χ1n) is 9.55. The highest BCUT2D eigenvalue weighted by Gasteiger charge is 2.54. The Hall–Kier alpha value is -1.44. The van der Waals surface area contributed by atoms with Crippen molar-refractivity contribution >= 4 is 21.6 Å². The first kappa shape index (κ1) is 17.9. The lowest BCUT2D eigenvalue weighted by Gasteiger charge is -2.47. The van der Waals surface area contributed by atoms with Crippen LogP contribution in [0.15, 0.2) is 29.2 Å². The molecule has 3 fully saturated rings. The number of fused-ring (bicyclic) bond motifs is 1. The van der Waals surface area contributed by atoms with Crippen LogP contribution in [0.3, 0.4) is 0 Å². The minimum absolute atomic E-state index is 0.0409. The number of anilines is 1. The summed E-state index contributed by atoms with van der Waals surface area (Å²) in [5.74, 6) is 0.653. The fourth-order valence-electron chi connectivity index (χ4n) is 4.62. The molecule has 1 saturated carbocycles. The van der Waals surface area contributed by atoms with Gasteiger partial charge in [-0.05, 0) is 49.9 Å². The van der Waals surface area contributed by atoms with Crippen LogP contribution in [0.2, 0.25) is 0 Å².